The molecule has 16 nitrogen and oxygen atoms in total. The Morgan fingerprint density at radius 3 is 1.22 bits per heavy atom. The molecule has 0 aromatic carbocycles. The first kappa shape index (κ1) is 50.2. The van der Waals surface area contributed by atoms with E-state index in [1.165, 1.54) is 0 Å². The molecule has 2 aromatic heterocycles. The zero-order valence-corrected chi connectivity index (χ0v) is 38.9. The van der Waals surface area contributed by atoms with E-state index in [0.29, 0.717) is 86.0 Å². The maximum atomic E-state index is 13.1. The van der Waals surface area contributed by atoms with Gasteiger partial charge in [-0.25, -0.2) is 56.2 Å². The van der Waals surface area contributed by atoms with Gasteiger partial charge < -0.3 is 10.6 Å². The molecule has 22 heteroatoms. The number of thiol groups is 4. The fraction of sp³-hybridized carbons (Fsp3) is 0.778. The largest absolute Gasteiger partial charge is 0.346 e. The van der Waals surface area contributed by atoms with E-state index in [9.17, 15) is 38.4 Å². The summed E-state index contributed by atoms with van der Waals surface area (Å²) in [5, 5.41) is 5.72. The van der Waals surface area contributed by atoms with Crippen molar-refractivity contribution in [1.29, 1.82) is 0 Å². The molecule has 0 spiro atoms. The lowest BCUT2D eigenvalue weighted by Crippen LogP contribution is -2.54. The second-order valence-electron chi connectivity index (χ2n) is 15.6. The molecule has 1 saturated carbocycles. The van der Waals surface area contributed by atoms with Crippen LogP contribution in [0.15, 0.2) is 28.8 Å². The van der Waals surface area contributed by atoms with Crippen molar-refractivity contribution in [3.8, 4) is 0 Å². The van der Waals surface area contributed by atoms with Crippen molar-refractivity contribution in [2.45, 2.75) is 124 Å². The molecule has 2 aromatic rings. The van der Waals surface area contributed by atoms with Crippen LogP contribution in [0, 0.1) is 10.8 Å². The average Bonchev–Trinajstić information content (AvgIpc) is 3.15. The van der Waals surface area contributed by atoms with Gasteiger partial charge in [0.2, 0.25) is 0 Å². The number of nitrogens with zero attached hydrogens (tertiary/aromatic N) is 6. The van der Waals surface area contributed by atoms with Crippen LogP contribution in [-0.4, -0.2) is 85.0 Å². The summed E-state index contributed by atoms with van der Waals surface area (Å²) in [7, 11) is 0. The van der Waals surface area contributed by atoms with Gasteiger partial charge in [-0.1, -0.05) is 44.3 Å². The molecule has 0 radical (unpaired) electrons. The van der Waals surface area contributed by atoms with E-state index in [1.54, 1.807) is 0 Å². The van der Waals surface area contributed by atoms with Gasteiger partial charge in [0.15, 0.2) is 0 Å². The quantitative estimate of drug-likeness (QED) is 0.0715. The Hall–Kier alpha value is -2.14. The fourth-order valence-corrected chi connectivity index (χ4v) is 9.53. The van der Waals surface area contributed by atoms with Gasteiger partial charge in [-0.3, -0.25) is 9.59 Å². The van der Waals surface area contributed by atoms with Gasteiger partial charge in [-0.2, -0.15) is 50.5 Å². The van der Waals surface area contributed by atoms with Crippen LogP contribution in [0.3, 0.4) is 0 Å². The van der Waals surface area contributed by atoms with Crippen LogP contribution in [0.4, 0.5) is 9.59 Å². The van der Waals surface area contributed by atoms with Gasteiger partial charge >= 0.3 is 34.1 Å². The summed E-state index contributed by atoms with van der Waals surface area (Å²) >= 11 is 18.9. The lowest BCUT2D eigenvalue weighted by molar-refractivity contribution is 0.0772. The number of amides is 2. The second kappa shape index (κ2) is 24.3. The molecule has 1 aliphatic carbocycles. The van der Waals surface area contributed by atoms with Gasteiger partial charge in [0, 0.05) is 63.4 Å². The summed E-state index contributed by atoms with van der Waals surface area (Å²) in [5.41, 5.74) is -4.34. The number of aromatic nitrogens is 6. The zero-order valence-electron chi connectivity index (χ0n) is 33.7. The van der Waals surface area contributed by atoms with Crippen molar-refractivity contribution in [3.63, 3.8) is 0 Å². The SMILES string of the molecule is CC1(C)CC(NC(=O)SCCCn2c(=O)n(CCCS)c(=O)n(CCCS)c2=O)CC(C)(CNC(=O)SCCCn2c(=O)n(CCCS)c(=O)n(CCCS)c2=O)C1. The predicted octanol–water partition coefficient (Wildman–Crippen LogP) is 2.89. The third kappa shape index (κ3) is 14.5. The van der Waals surface area contributed by atoms with Crippen molar-refractivity contribution >= 4 is 84.5 Å². The van der Waals surface area contributed by atoms with Crippen molar-refractivity contribution in [3.05, 3.63) is 62.9 Å². The Morgan fingerprint density at radius 1 is 0.552 bits per heavy atom. The highest BCUT2D eigenvalue weighted by molar-refractivity contribution is 8.13. The molecule has 1 fully saturated rings. The summed E-state index contributed by atoms with van der Waals surface area (Å²) in [6.45, 7) is 7.50. The average molecular weight is 925 g/mol. The number of rotatable bonds is 23. The summed E-state index contributed by atoms with van der Waals surface area (Å²) in [6, 6.07) is -0.138. The van der Waals surface area contributed by atoms with Crippen molar-refractivity contribution < 1.29 is 9.59 Å². The summed E-state index contributed by atoms with van der Waals surface area (Å²) in [4.78, 5) is 104. The van der Waals surface area contributed by atoms with Crippen molar-refractivity contribution in [2.75, 3.05) is 41.1 Å². The number of thioether (sulfide) groups is 2. The Balaban J connectivity index is 1.53. The lowest BCUT2D eigenvalue weighted by Gasteiger charge is -2.46. The highest BCUT2D eigenvalue weighted by Crippen LogP contribution is 2.46. The van der Waals surface area contributed by atoms with Crippen LogP contribution in [0.2, 0.25) is 0 Å². The topological polar surface area (TPSA) is 190 Å². The molecule has 0 saturated heterocycles. The highest BCUT2D eigenvalue weighted by Gasteiger charge is 2.42. The number of hydrogen-bond acceptors (Lipinski definition) is 14. The molecule has 2 amide bonds. The first-order valence-electron chi connectivity index (χ1n) is 19.7. The van der Waals surface area contributed by atoms with Crippen LogP contribution in [-0.2, 0) is 39.3 Å². The summed E-state index contributed by atoms with van der Waals surface area (Å²) in [6.07, 6.45) is 4.92. The minimum Gasteiger partial charge on any atom is -0.346 e. The third-order valence-corrected chi connectivity index (χ3v) is 12.9. The smallest absolute Gasteiger partial charge is 0.336 e. The fourth-order valence-electron chi connectivity index (χ4n) is 7.62. The molecule has 1 aliphatic rings. The molecule has 58 heavy (non-hydrogen) atoms. The van der Waals surface area contributed by atoms with E-state index >= 15 is 0 Å². The van der Waals surface area contributed by atoms with E-state index in [2.05, 4.69) is 81.9 Å². The van der Waals surface area contributed by atoms with Gasteiger partial charge in [-0.15, -0.1) is 0 Å². The number of carbonyl (C=O) groups is 2. The van der Waals surface area contributed by atoms with Gasteiger partial charge in [-0.05, 0) is 91.6 Å². The Morgan fingerprint density at radius 2 is 0.879 bits per heavy atom. The van der Waals surface area contributed by atoms with Crippen LogP contribution in [0.1, 0.15) is 78.6 Å². The molecule has 328 valence electrons. The lowest BCUT2D eigenvalue weighted by atomic mass is 9.62. The number of nitrogens with one attached hydrogen (secondary N) is 2. The van der Waals surface area contributed by atoms with E-state index in [1.807, 2.05) is 0 Å². The van der Waals surface area contributed by atoms with Crippen LogP contribution >= 0.6 is 74.0 Å². The van der Waals surface area contributed by atoms with Gasteiger partial charge in [0.05, 0.1) is 0 Å². The maximum absolute atomic E-state index is 13.1. The molecule has 3 rings (SSSR count). The van der Waals surface area contributed by atoms with E-state index in [0.717, 1.165) is 63.8 Å². The van der Waals surface area contributed by atoms with E-state index in [-0.39, 0.29) is 66.6 Å². The van der Waals surface area contributed by atoms with Crippen molar-refractivity contribution in [2.24, 2.45) is 10.8 Å². The Labute approximate surface area is 368 Å². The Bertz CT molecular complexity index is 1970. The molecular formula is C36H60N8O8S6. The first-order chi connectivity index (χ1) is 27.5. The molecule has 0 aliphatic heterocycles. The van der Waals surface area contributed by atoms with Crippen LogP contribution in [0.25, 0.3) is 0 Å². The molecule has 0 bridgehead atoms. The zero-order chi connectivity index (χ0) is 43.0. The highest BCUT2D eigenvalue weighted by atomic mass is 32.2. The standard InChI is InChI=1S/C36H60N8O8S6/c1-35(2)22-26(38-28(46)58-21-9-15-44-33(51)41(12-6-18-55)30(48)42(34(44)52)13-7-19-56)23-36(3,24-35)25-37-27(45)57-20-8-14-43-31(49)39(10-4-16-53)29(47)40(32(43)50)11-5-17-54/h26,53-56H,4-25H2,1-3H3,(H,37,45)(H,38,46). The normalized spacial score (nSPS) is 17.7. The van der Waals surface area contributed by atoms with E-state index in [4.69, 9.17) is 0 Å². The molecular weight excluding hydrogens is 865 g/mol. The van der Waals surface area contributed by atoms with Gasteiger partial charge in [0.1, 0.15) is 0 Å². The molecule has 2 heterocycles. The molecule has 2 unspecified atom stereocenters. The minimum absolute atomic E-state index is 0.0609. The Kier molecular flexibility index (Phi) is 21.1. The molecule has 2 atom stereocenters. The predicted molar refractivity (Wildman–Crippen MR) is 248 cm³/mol. The third-order valence-electron chi connectivity index (χ3n) is 9.87. The maximum Gasteiger partial charge on any atom is 0.336 e. The summed E-state index contributed by atoms with van der Waals surface area (Å²) in [5.74, 6) is 2.62. The first-order valence-corrected chi connectivity index (χ1v) is 24.2. The van der Waals surface area contributed by atoms with Gasteiger partial charge in [0.25, 0.3) is 10.5 Å². The van der Waals surface area contributed by atoms with Crippen LogP contribution in [0.5, 0.6) is 0 Å². The van der Waals surface area contributed by atoms with Crippen LogP contribution < -0.4 is 44.8 Å². The summed E-state index contributed by atoms with van der Waals surface area (Å²) < 4.78 is 6.43. The number of hydrogen-bond donors (Lipinski definition) is 6. The minimum atomic E-state index is -0.662. The molecule has 2 N–H and O–H groups in total. The van der Waals surface area contributed by atoms with Crippen molar-refractivity contribution in [1.82, 2.24) is 38.0 Å². The second-order valence-corrected chi connectivity index (χ2v) is 19.6. The monoisotopic (exact) mass is 924 g/mol. The van der Waals surface area contributed by atoms with E-state index < -0.39 is 34.1 Å². The number of carbonyl (C=O) groups excluding carboxylic acids is 2.